The topological polar surface area (TPSA) is 84.0 Å². The Bertz CT molecular complexity index is 721. The van der Waals surface area contributed by atoms with Gasteiger partial charge in [-0.1, -0.05) is 12.1 Å². The summed E-state index contributed by atoms with van der Waals surface area (Å²) >= 11 is 1.31. The van der Waals surface area contributed by atoms with Gasteiger partial charge in [0.15, 0.2) is 0 Å². The van der Waals surface area contributed by atoms with Gasteiger partial charge in [0.25, 0.3) is 0 Å². The Kier molecular flexibility index (Phi) is 3.92. The molecule has 6 nitrogen and oxygen atoms in total. The molecule has 1 saturated carbocycles. The van der Waals surface area contributed by atoms with Crippen LogP contribution >= 0.6 is 11.5 Å². The Hall–Kier alpha value is -1.51. The minimum atomic E-state index is -3.37. The first-order valence-corrected chi connectivity index (χ1v) is 8.94. The van der Waals surface area contributed by atoms with Crippen molar-refractivity contribution in [3.05, 3.63) is 35.7 Å². The van der Waals surface area contributed by atoms with Crippen LogP contribution in [-0.4, -0.2) is 23.8 Å². The molecule has 2 N–H and O–H groups in total. The second-order valence-corrected chi connectivity index (χ2v) is 7.51. The number of aromatic nitrogens is 2. The van der Waals surface area contributed by atoms with Crippen LogP contribution in [0.25, 0.3) is 0 Å². The molecule has 1 fully saturated rings. The number of aryl methyl sites for hydroxylation is 1. The summed E-state index contributed by atoms with van der Waals surface area (Å²) in [7, 11) is -3.37. The summed E-state index contributed by atoms with van der Waals surface area (Å²) in [4.78, 5) is 4.52. The third-order valence-corrected chi connectivity index (χ3v) is 5.40. The van der Waals surface area contributed by atoms with Crippen molar-refractivity contribution in [3.8, 4) is 0 Å². The van der Waals surface area contributed by atoms with Gasteiger partial charge in [0.1, 0.15) is 5.82 Å². The second kappa shape index (κ2) is 5.70. The molecule has 1 heterocycles. The van der Waals surface area contributed by atoms with E-state index < -0.39 is 10.0 Å². The molecule has 0 unspecified atom stereocenters. The predicted octanol–water partition coefficient (Wildman–Crippen LogP) is 1.90. The zero-order valence-corrected chi connectivity index (χ0v) is 13.2. The van der Waals surface area contributed by atoms with Gasteiger partial charge in [-0.25, -0.2) is 18.1 Å². The molecule has 112 valence electrons. The number of benzene rings is 1. The first-order chi connectivity index (χ1) is 10.0. The summed E-state index contributed by atoms with van der Waals surface area (Å²) in [6, 6.07) is 7.00. The summed E-state index contributed by atoms with van der Waals surface area (Å²) < 4.78 is 30.8. The summed E-state index contributed by atoms with van der Waals surface area (Å²) in [6.07, 6.45) is 1.87. The normalized spacial score (nSPS) is 15.1. The van der Waals surface area contributed by atoms with Crippen molar-refractivity contribution >= 4 is 26.7 Å². The van der Waals surface area contributed by atoms with E-state index in [1.54, 1.807) is 12.1 Å². The van der Waals surface area contributed by atoms with E-state index in [-0.39, 0.29) is 6.04 Å². The molecule has 0 radical (unpaired) electrons. The van der Waals surface area contributed by atoms with Gasteiger partial charge in [0.05, 0.1) is 4.90 Å². The maximum Gasteiger partial charge on any atom is 0.240 e. The predicted molar refractivity (Wildman–Crippen MR) is 81.8 cm³/mol. The van der Waals surface area contributed by atoms with Gasteiger partial charge in [-0.05, 0) is 37.5 Å². The molecule has 0 aliphatic heterocycles. The molecular formula is C13H16N4O2S2. The second-order valence-electron chi connectivity index (χ2n) is 5.04. The first-order valence-electron chi connectivity index (χ1n) is 6.68. The maximum atomic E-state index is 12.0. The molecule has 1 aliphatic rings. The molecule has 8 heteroatoms. The zero-order chi connectivity index (χ0) is 14.9. The Morgan fingerprint density at radius 2 is 2.00 bits per heavy atom. The van der Waals surface area contributed by atoms with Crippen molar-refractivity contribution in [2.24, 2.45) is 0 Å². The van der Waals surface area contributed by atoms with Crippen molar-refractivity contribution in [2.45, 2.75) is 37.2 Å². The van der Waals surface area contributed by atoms with Crippen LogP contribution in [0.1, 0.15) is 24.2 Å². The first kappa shape index (κ1) is 14.4. The van der Waals surface area contributed by atoms with E-state index in [0.717, 1.165) is 29.4 Å². The number of sulfonamides is 1. The molecule has 0 bridgehead atoms. The summed E-state index contributed by atoms with van der Waals surface area (Å²) in [5.74, 6) is 0.745. The minimum absolute atomic E-state index is 0.122. The molecule has 0 atom stereocenters. The number of anilines is 1. The largest absolute Gasteiger partial charge is 0.356 e. The van der Waals surface area contributed by atoms with Gasteiger partial charge in [-0.15, -0.1) is 0 Å². The number of nitrogens with zero attached hydrogens (tertiary/aromatic N) is 2. The van der Waals surface area contributed by atoms with Crippen LogP contribution < -0.4 is 10.0 Å². The van der Waals surface area contributed by atoms with Crippen LogP contribution in [0.4, 0.5) is 5.13 Å². The van der Waals surface area contributed by atoms with E-state index in [1.165, 1.54) is 11.5 Å². The SMILES string of the molecule is Cc1nsc(NCc2ccc(S(=O)(=O)NC3CC3)cc2)n1. The number of nitrogens with one attached hydrogen (secondary N) is 2. The molecule has 2 aromatic rings. The lowest BCUT2D eigenvalue weighted by molar-refractivity contribution is 0.581. The van der Waals surface area contributed by atoms with E-state index in [1.807, 2.05) is 19.1 Å². The van der Waals surface area contributed by atoms with Crippen molar-refractivity contribution in [1.29, 1.82) is 0 Å². The van der Waals surface area contributed by atoms with Crippen molar-refractivity contribution in [1.82, 2.24) is 14.1 Å². The van der Waals surface area contributed by atoms with Gasteiger partial charge in [-0.3, -0.25) is 0 Å². The highest BCUT2D eigenvalue weighted by Gasteiger charge is 2.27. The smallest absolute Gasteiger partial charge is 0.240 e. The lowest BCUT2D eigenvalue weighted by Gasteiger charge is -2.07. The average molecular weight is 324 g/mol. The fourth-order valence-corrected chi connectivity index (χ4v) is 3.70. The molecule has 0 saturated heterocycles. The molecular weight excluding hydrogens is 308 g/mol. The third-order valence-electron chi connectivity index (χ3n) is 3.10. The molecule has 1 aromatic carbocycles. The monoisotopic (exact) mass is 324 g/mol. The fourth-order valence-electron chi connectivity index (χ4n) is 1.82. The van der Waals surface area contributed by atoms with Crippen LogP contribution in [-0.2, 0) is 16.6 Å². The summed E-state index contributed by atoms with van der Waals surface area (Å²) in [6.45, 7) is 2.43. The van der Waals surface area contributed by atoms with E-state index in [4.69, 9.17) is 0 Å². The van der Waals surface area contributed by atoms with E-state index >= 15 is 0 Å². The van der Waals surface area contributed by atoms with Gasteiger partial charge in [-0.2, -0.15) is 4.37 Å². The Labute approximate surface area is 127 Å². The highest BCUT2D eigenvalue weighted by molar-refractivity contribution is 7.89. The third kappa shape index (κ3) is 3.78. The maximum absolute atomic E-state index is 12.0. The quantitative estimate of drug-likeness (QED) is 0.848. The highest BCUT2D eigenvalue weighted by Crippen LogP contribution is 2.22. The highest BCUT2D eigenvalue weighted by atomic mass is 32.2. The van der Waals surface area contributed by atoms with E-state index in [9.17, 15) is 8.42 Å². The summed E-state index contributed by atoms with van der Waals surface area (Å²) in [5.41, 5.74) is 0.994. The average Bonchev–Trinajstić information content (AvgIpc) is 3.16. The molecule has 1 aromatic heterocycles. The van der Waals surface area contributed by atoms with Crippen molar-refractivity contribution in [3.63, 3.8) is 0 Å². The Balaban J connectivity index is 1.63. The van der Waals surface area contributed by atoms with Gasteiger partial charge in [0, 0.05) is 24.1 Å². The zero-order valence-electron chi connectivity index (χ0n) is 11.5. The Morgan fingerprint density at radius 1 is 1.29 bits per heavy atom. The lowest BCUT2D eigenvalue weighted by Crippen LogP contribution is -2.25. The minimum Gasteiger partial charge on any atom is -0.356 e. The molecule has 0 amide bonds. The van der Waals surface area contributed by atoms with Crippen LogP contribution in [0, 0.1) is 6.92 Å². The molecule has 1 aliphatic carbocycles. The van der Waals surface area contributed by atoms with Gasteiger partial charge < -0.3 is 5.32 Å². The molecule has 0 spiro atoms. The van der Waals surface area contributed by atoms with Gasteiger partial charge >= 0.3 is 0 Å². The van der Waals surface area contributed by atoms with Crippen molar-refractivity contribution in [2.75, 3.05) is 5.32 Å². The lowest BCUT2D eigenvalue weighted by atomic mass is 10.2. The molecule has 21 heavy (non-hydrogen) atoms. The van der Waals surface area contributed by atoms with E-state index in [2.05, 4.69) is 19.4 Å². The van der Waals surface area contributed by atoms with Crippen LogP contribution in [0.15, 0.2) is 29.2 Å². The number of hydrogen-bond acceptors (Lipinski definition) is 6. The number of rotatable bonds is 6. The Morgan fingerprint density at radius 3 is 2.57 bits per heavy atom. The standard InChI is InChI=1S/C13H16N4O2S2/c1-9-15-13(20-16-9)14-8-10-2-6-12(7-3-10)21(18,19)17-11-4-5-11/h2-3,6-7,11,17H,4-5,8H2,1H3,(H,14,15,16). The van der Waals surface area contributed by atoms with Crippen LogP contribution in [0.3, 0.4) is 0 Å². The van der Waals surface area contributed by atoms with Crippen LogP contribution in [0.2, 0.25) is 0 Å². The summed E-state index contributed by atoms with van der Waals surface area (Å²) in [5, 5.41) is 3.93. The fraction of sp³-hybridized carbons (Fsp3) is 0.385. The van der Waals surface area contributed by atoms with Crippen LogP contribution in [0.5, 0.6) is 0 Å². The van der Waals surface area contributed by atoms with Crippen molar-refractivity contribution < 1.29 is 8.42 Å². The van der Waals surface area contributed by atoms with E-state index in [0.29, 0.717) is 11.4 Å². The van der Waals surface area contributed by atoms with Gasteiger partial charge in [0.2, 0.25) is 15.2 Å². The molecule has 3 rings (SSSR count). The number of hydrogen-bond donors (Lipinski definition) is 2.